The van der Waals surface area contributed by atoms with Crippen molar-refractivity contribution >= 4 is 11.9 Å². The maximum absolute atomic E-state index is 12.9. The number of nitrogens with one attached hydrogen (secondary N) is 1. The predicted octanol–water partition coefficient (Wildman–Crippen LogP) is 1.36. The first kappa shape index (κ1) is 17.7. The second kappa shape index (κ2) is 6.64. The van der Waals surface area contributed by atoms with Gasteiger partial charge in [-0.25, -0.2) is 4.79 Å². The van der Waals surface area contributed by atoms with Gasteiger partial charge >= 0.3 is 12.2 Å². The van der Waals surface area contributed by atoms with Crippen LogP contribution in [0.5, 0.6) is 0 Å². The van der Waals surface area contributed by atoms with Crippen molar-refractivity contribution in [1.29, 1.82) is 0 Å². The van der Waals surface area contributed by atoms with Gasteiger partial charge in [0.15, 0.2) is 0 Å². The zero-order valence-electron chi connectivity index (χ0n) is 13.3. The molecule has 2 heterocycles. The van der Waals surface area contributed by atoms with E-state index in [1.807, 2.05) is 0 Å². The Kier molecular flexibility index (Phi) is 4.70. The molecule has 2 saturated heterocycles. The summed E-state index contributed by atoms with van der Waals surface area (Å²) in [7, 11) is 0. The predicted molar refractivity (Wildman–Crippen MR) is 81.5 cm³/mol. The second-order valence-electron chi connectivity index (χ2n) is 6.24. The maximum Gasteiger partial charge on any atom is 0.416 e. The summed E-state index contributed by atoms with van der Waals surface area (Å²) in [6, 6.07) is 3.92. The number of carbonyl (C=O) groups is 2. The topological polar surface area (TPSA) is 72.9 Å². The highest BCUT2D eigenvalue weighted by Gasteiger charge is 2.37. The molecule has 0 bridgehead atoms. The minimum Gasteiger partial charge on any atom is -0.392 e. The number of aliphatic hydroxyl groups is 1. The highest BCUT2D eigenvalue weighted by molar-refractivity contribution is 5.96. The molecular weight excluding hydrogens is 339 g/mol. The minimum absolute atomic E-state index is 0.134. The van der Waals surface area contributed by atoms with Crippen molar-refractivity contribution in [2.45, 2.75) is 24.7 Å². The number of halogens is 3. The summed E-state index contributed by atoms with van der Waals surface area (Å²) in [5.74, 6) is -0.430. The Bertz CT molecular complexity index is 680. The standard InChI is InChI=1S/C16H18F3N3O3/c17-16(18,19)11-3-1-2-10(6-11)13-7-12(23)8-21(13)9-14(24)22-5-4-20-15(22)25/h1-3,6,12-13,23H,4-5,7-9H2,(H,20,25)/t12-,13-/m1/s1. The molecule has 136 valence electrons. The van der Waals surface area contributed by atoms with Crippen LogP contribution in [0.3, 0.4) is 0 Å². The van der Waals surface area contributed by atoms with E-state index >= 15 is 0 Å². The van der Waals surface area contributed by atoms with E-state index in [9.17, 15) is 27.9 Å². The van der Waals surface area contributed by atoms with Gasteiger partial charge in [0, 0.05) is 25.7 Å². The van der Waals surface area contributed by atoms with Crippen LogP contribution in [0.1, 0.15) is 23.6 Å². The fraction of sp³-hybridized carbons (Fsp3) is 0.500. The number of hydrogen-bond acceptors (Lipinski definition) is 4. The fourth-order valence-corrected chi connectivity index (χ4v) is 3.29. The number of nitrogens with zero attached hydrogens (tertiary/aromatic N) is 2. The molecule has 9 heteroatoms. The van der Waals surface area contributed by atoms with E-state index < -0.39 is 35.8 Å². The zero-order valence-corrected chi connectivity index (χ0v) is 13.3. The number of carbonyl (C=O) groups excluding carboxylic acids is 2. The van der Waals surface area contributed by atoms with Gasteiger partial charge in [-0.05, 0) is 24.1 Å². The number of alkyl halides is 3. The van der Waals surface area contributed by atoms with Gasteiger partial charge in [-0.3, -0.25) is 14.6 Å². The summed E-state index contributed by atoms with van der Waals surface area (Å²) in [6.45, 7) is 0.681. The SMILES string of the molecule is O=C(CN1C[C@H](O)C[C@@H]1c1cccc(C(F)(F)F)c1)N1CCNC1=O. The molecule has 2 atom stereocenters. The monoisotopic (exact) mass is 357 g/mol. The van der Waals surface area contributed by atoms with Crippen molar-refractivity contribution in [3.63, 3.8) is 0 Å². The van der Waals surface area contributed by atoms with Crippen molar-refractivity contribution in [1.82, 2.24) is 15.1 Å². The van der Waals surface area contributed by atoms with E-state index in [1.165, 1.54) is 6.07 Å². The molecule has 0 saturated carbocycles. The molecule has 0 spiro atoms. The van der Waals surface area contributed by atoms with E-state index in [0.29, 0.717) is 12.1 Å². The van der Waals surface area contributed by atoms with Crippen LogP contribution in [0, 0.1) is 0 Å². The second-order valence-corrected chi connectivity index (χ2v) is 6.24. The first-order valence-electron chi connectivity index (χ1n) is 7.93. The van der Waals surface area contributed by atoms with Gasteiger partial charge in [0.05, 0.1) is 18.2 Å². The highest BCUT2D eigenvalue weighted by Crippen LogP contribution is 2.36. The highest BCUT2D eigenvalue weighted by atomic mass is 19.4. The number of aliphatic hydroxyl groups excluding tert-OH is 1. The van der Waals surface area contributed by atoms with Crippen LogP contribution < -0.4 is 5.32 Å². The Balaban J connectivity index is 1.78. The van der Waals surface area contributed by atoms with Crippen molar-refractivity contribution in [2.75, 3.05) is 26.2 Å². The fourth-order valence-electron chi connectivity index (χ4n) is 3.29. The third-order valence-electron chi connectivity index (χ3n) is 4.48. The van der Waals surface area contributed by atoms with E-state index in [0.717, 1.165) is 17.0 Å². The number of benzene rings is 1. The number of rotatable bonds is 3. The maximum atomic E-state index is 12.9. The molecule has 0 aliphatic carbocycles. The Hall–Kier alpha value is -2.13. The van der Waals surface area contributed by atoms with Crippen LogP contribution in [0.25, 0.3) is 0 Å². The molecule has 1 aromatic carbocycles. The van der Waals surface area contributed by atoms with Crippen LogP contribution in [0.4, 0.5) is 18.0 Å². The molecular formula is C16H18F3N3O3. The molecule has 0 radical (unpaired) electrons. The van der Waals surface area contributed by atoms with Gasteiger partial charge in [-0.2, -0.15) is 13.2 Å². The van der Waals surface area contributed by atoms with E-state index in [2.05, 4.69) is 5.32 Å². The average Bonchev–Trinajstić information content (AvgIpc) is 3.12. The summed E-state index contributed by atoms with van der Waals surface area (Å²) in [4.78, 5) is 26.5. The molecule has 3 rings (SSSR count). The molecule has 1 aromatic rings. The lowest BCUT2D eigenvalue weighted by Crippen LogP contribution is -2.42. The summed E-state index contributed by atoms with van der Waals surface area (Å²) >= 11 is 0. The van der Waals surface area contributed by atoms with Crippen molar-refractivity contribution in [2.24, 2.45) is 0 Å². The number of amides is 3. The van der Waals surface area contributed by atoms with Gasteiger partial charge in [-0.15, -0.1) is 0 Å². The largest absolute Gasteiger partial charge is 0.416 e. The molecule has 25 heavy (non-hydrogen) atoms. The first-order valence-corrected chi connectivity index (χ1v) is 7.93. The van der Waals surface area contributed by atoms with Gasteiger partial charge in [-0.1, -0.05) is 12.1 Å². The average molecular weight is 357 g/mol. The number of β-amino-alcohol motifs (C(OH)–C–C–N with tert-alkyl or cyclic N) is 1. The van der Waals surface area contributed by atoms with Crippen molar-refractivity contribution < 1.29 is 27.9 Å². The van der Waals surface area contributed by atoms with Crippen LogP contribution in [0.15, 0.2) is 24.3 Å². The van der Waals surface area contributed by atoms with Crippen molar-refractivity contribution in [3.05, 3.63) is 35.4 Å². The van der Waals surface area contributed by atoms with Crippen LogP contribution >= 0.6 is 0 Å². The Morgan fingerprint density at radius 3 is 2.76 bits per heavy atom. The third kappa shape index (κ3) is 3.77. The molecule has 0 aromatic heterocycles. The van der Waals surface area contributed by atoms with Crippen LogP contribution in [-0.2, 0) is 11.0 Å². The molecule has 3 amide bonds. The number of hydrogen-bond donors (Lipinski definition) is 2. The molecule has 0 unspecified atom stereocenters. The van der Waals surface area contributed by atoms with Gasteiger partial charge in [0.25, 0.3) is 0 Å². The number of imide groups is 1. The lowest BCUT2D eigenvalue weighted by atomic mass is 10.0. The summed E-state index contributed by atoms with van der Waals surface area (Å²) in [6.07, 6.45) is -4.96. The zero-order chi connectivity index (χ0) is 18.2. The minimum atomic E-state index is -4.46. The summed E-state index contributed by atoms with van der Waals surface area (Å²) in [5.41, 5.74) is -0.373. The number of likely N-dealkylation sites (tertiary alicyclic amines) is 1. The first-order chi connectivity index (χ1) is 11.8. The van der Waals surface area contributed by atoms with Crippen LogP contribution in [0.2, 0.25) is 0 Å². The molecule has 2 aliphatic rings. The number of urea groups is 1. The molecule has 2 N–H and O–H groups in total. The Morgan fingerprint density at radius 1 is 1.36 bits per heavy atom. The van der Waals surface area contributed by atoms with Gasteiger partial charge in [0.1, 0.15) is 0 Å². The lowest BCUT2D eigenvalue weighted by molar-refractivity contribution is -0.137. The smallest absolute Gasteiger partial charge is 0.392 e. The van der Waals surface area contributed by atoms with E-state index in [4.69, 9.17) is 0 Å². The molecule has 2 aliphatic heterocycles. The Morgan fingerprint density at radius 2 is 2.12 bits per heavy atom. The third-order valence-corrected chi connectivity index (χ3v) is 4.48. The molecule has 6 nitrogen and oxygen atoms in total. The van der Waals surface area contributed by atoms with Gasteiger partial charge < -0.3 is 10.4 Å². The normalized spacial score (nSPS) is 24.6. The lowest BCUT2D eigenvalue weighted by Gasteiger charge is -2.26. The van der Waals surface area contributed by atoms with Gasteiger partial charge in [0.2, 0.25) is 5.91 Å². The summed E-state index contributed by atoms with van der Waals surface area (Å²) < 4.78 is 38.8. The quantitative estimate of drug-likeness (QED) is 0.857. The van der Waals surface area contributed by atoms with E-state index in [1.54, 1.807) is 11.0 Å². The summed E-state index contributed by atoms with van der Waals surface area (Å²) in [5, 5.41) is 12.4. The van der Waals surface area contributed by atoms with E-state index in [-0.39, 0.29) is 26.1 Å². The van der Waals surface area contributed by atoms with Crippen molar-refractivity contribution in [3.8, 4) is 0 Å². The molecule has 2 fully saturated rings. The van der Waals surface area contributed by atoms with Crippen LogP contribution in [-0.4, -0.2) is 59.1 Å². The Labute approximate surface area is 142 Å².